The Bertz CT molecular complexity index is 403. The Morgan fingerprint density at radius 2 is 2.11 bits per heavy atom. The Morgan fingerprint density at radius 1 is 1.37 bits per heavy atom. The molecule has 0 saturated carbocycles. The van der Waals surface area contributed by atoms with Crippen molar-refractivity contribution in [2.24, 2.45) is 0 Å². The summed E-state index contributed by atoms with van der Waals surface area (Å²) in [4.78, 5) is 2.42. The highest BCUT2D eigenvalue weighted by molar-refractivity contribution is 5.53. The van der Waals surface area contributed by atoms with Gasteiger partial charge in [-0.3, -0.25) is 4.90 Å². The van der Waals surface area contributed by atoms with E-state index in [2.05, 4.69) is 11.8 Å². The minimum Gasteiger partial charge on any atom is -0.489 e. The zero-order valence-corrected chi connectivity index (χ0v) is 11.9. The van der Waals surface area contributed by atoms with Gasteiger partial charge in [-0.15, -0.1) is 0 Å². The fraction of sp³-hybridized carbons (Fsp3) is 0.600. The van der Waals surface area contributed by atoms with E-state index in [9.17, 15) is 0 Å². The smallest absolute Gasteiger partial charge is 0.142 e. The van der Waals surface area contributed by atoms with Crippen molar-refractivity contribution in [2.45, 2.75) is 26.4 Å². The number of aryl methyl sites for hydroxylation is 1. The van der Waals surface area contributed by atoms with Crippen molar-refractivity contribution in [1.82, 2.24) is 4.90 Å². The average molecular weight is 264 g/mol. The lowest BCUT2D eigenvalue weighted by atomic mass is 10.2. The minimum atomic E-state index is 0.173. The van der Waals surface area contributed by atoms with Crippen LogP contribution in [-0.4, -0.2) is 43.9 Å². The van der Waals surface area contributed by atoms with Crippen molar-refractivity contribution in [3.05, 3.63) is 23.8 Å². The van der Waals surface area contributed by atoms with Gasteiger partial charge < -0.3 is 15.2 Å². The number of benzene rings is 1. The van der Waals surface area contributed by atoms with E-state index in [4.69, 9.17) is 15.2 Å². The number of ether oxygens (including phenoxy) is 2. The van der Waals surface area contributed by atoms with E-state index in [1.807, 2.05) is 25.1 Å². The topological polar surface area (TPSA) is 47.7 Å². The third kappa shape index (κ3) is 4.40. The fourth-order valence-electron chi connectivity index (χ4n) is 2.21. The van der Waals surface area contributed by atoms with Crippen LogP contribution in [0.1, 0.15) is 18.9 Å². The molecule has 1 aliphatic rings. The molecule has 0 aliphatic carbocycles. The van der Waals surface area contributed by atoms with Gasteiger partial charge in [0.15, 0.2) is 0 Å². The lowest BCUT2D eigenvalue weighted by molar-refractivity contribution is 0.0327. The maximum Gasteiger partial charge on any atom is 0.142 e. The third-order valence-electron chi connectivity index (χ3n) is 3.45. The van der Waals surface area contributed by atoms with Gasteiger partial charge in [-0.1, -0.05) is 6.07 Å². The molecule has 19 heavy (non-hydrogen) atoms. The number of rotatable bonds is 5. The van der Waals surface area contributed by atoms with Crippen molar-refractivity contribution in [3.8, 4) is 5.75 Å². The van der Waals surface area contributed by atoms with Gasteiger partial charge in [0.1, 0.15) is 5.75 Å². The van der Waals surface area contributed by atoms with E-state index in [1.54, 1.807) is 0 Å². The molecule has 0 aromatic heterocycles. The number of nitrogens with zero attached hydrogens (tertiary/aromatic N) is 1. The number of nitrogen functional groups attached to an aromatic ring is 1. The zero-order valence-electron chi connectivity index (χ0n) is 11.9. The summed E-state index contributed by atoms with van der Waals surface area (Å²) >= 11 is 0. The molecule has 106 valence electrons. The maximum absolute atomic E-state index is 5.93. The molecule has 4 nitrogen and oxygen atoms in total. The predicted octanol–water partition coefficient (Wildman–Crippen LogP) is 2.07. The molecule has 2 rings (SSSR count). The van der Waals surface area contributed by atoms with E-state index in [0.29, 0.717) is 5.69 Å². The van der Waals surface area contributed by atoms with Crippen molar-refractivity contribution >= 4 is 5.69 Å². The standard InChI is InChI=1S/C15H24N2O2/c1-12-3-4-14(16)15(11-12)19-13(2)5-6-17-7-9-18-10-8-17/h3-4,11,13H,5-10,16H2,1-2H3. The molecular formula is C15H24N2O2. The molecule has 1 saturated heterocycles. The predicted molar refractivity (Wildman–Crippen MR) is 77.6 cm³/mol. The maximum atomic E-state index is 5.93. The SMILES string of the molecule is Cc1ccc(N)c(OC(C)CCN2CCOCC2)c1. The van der Waals surface area contributed by atoms with Crippen molar-refractivity contribution in [1.29, 1.82) is 0 Å². The molecule has 1 fully saturated rings. The monoisotopic (exact) mass is 264 g/mol. The van der Waals surface area contributed by atoms with Crippen LogP contribution in [0.4, 0.5) is 5.69 Å². The highest BCUT2D eigenvalue weighted by atomic mass is 16.5. The summed E-state index contributed by atoms with van der Waals surface area (Å²) in [5.41, 5.74) is 7.81. The van der Waals surface area contributed by atoms with Crippen LogP contribution in [0.3, 0.4) is 0 Å². The van der Waals surface area contributed by atoms with E-state index < -0.39 is 0 Å². The van der Waals surface area contributed by atoms with Crippen LogP contribution >= 0.6 is 0 Å². The molecule has 0 bridgehead atoms. The van der Waals surface area contributed by atoms with Gasteiger partial charge in [-0.2, -0.15) is 0 Å². The summed E-state index contributed by atoms with van der Waals surface area (Å²) in [5, 5.41) is 0. The molecule has 0 spiro atoms. The summed E-state index contributed by atoms with van der Waals surface area (Å²) in [7, 11) is 0. The molecule has 4 heteroatoms. The Hall–Kier alpha value is -1.26. The first-order chi connectivity index (χ1) is 9.15. The van der Waals surface area contributed by atoms with Crippen LogP contribution in [0.5, 0.6) is 5.75 Å². The Labute approximate surface area is 115 Å². The fourth-order valence-corrected chi connectivity index (χ4v) is 2.21. The summed E-state index contributed by atoms with van der Waals surface area (Å²) in [6, 6.07) is 5.90. The highest BCUT2D eigenvalue weighted by Crippen LogP contribution is 2.24. The second-order valence-electron chi connectivity index (χ2n) is 5.21. The first-order valence-electron chi connectivity index (χ1n) is 6.98. The van der Waals surface area contributed by atoms with Crippen LogP contribution in [0.2, 0.25) is 0 Å². The van der Waals surface area contributed by atoms with Crippen LogP contribution in [0.15, 0.2) is 18.2 Å². The van der Waals surface area contributed by atoms with Crippen molar-refractivity contribution < 1.29 is 9.47 Å². The number of hydrogen-bond donors (Lipinski definition) is 1. The molecule has 2 N–H and O–H groups in total. The van der Waals surface area contributed by atoms with E-state index in [0.717, 1.165) is 45.0 Å². The molecular weight excluding hydrogens is 240 g/mol. The number of hydrogen-bond acceptors (Lipinski definition) is 4. The largest absolute Gasteiger partial charge is 0.489 e. The molecule has 1 aromatic carbocycles. The quantitative estimate of drug-likeness (QED) is 0.827. The summed E-state index contributed by atoms with van der Waals surface area (Å²) in [5.74, 6) is 0.800. The molecule has 1 unspecified atom stereocenters. The van der Waals surface area contributed by atoms with Crippen molar-refractivity contribution in [3.63, 3.8) is 0 Å². The first-order valence-corrected chi connectivity index (χ1v) is 6.98. The zero-order chi connectivity index (χ0) is 13.7. The van der Waals surface area contributed by atoms with Crippen LogP contribution < -0.4 is 10.5 Å². The highest BCUT2D eigenvalue weighted by Gasteiger charge is 2.13. The second-order valence-corrected chi connectivity index (χ2v) is 5.21. The van der Waals surface area contributed by atoms with E-state index >= 15 is 0 Å². The first kappa shape index (κ1) is 14.2. The Kier molecular flexibility index (Phi) is 5.05. The Balaban J connectivity index is 1.80. The number of morpholine rings is 1. The van der Waals surface area contributed by atoms with Gasteiger partial charge in [0.25, 0.3) is 0 Å². The number of nitrogens with two attached hydrogens (primary N) is 1. The molecule has 1 aromatic rings. The second kappa shape index (κ2) is 6.78. The van der Waals surface area contributed by atoms with Crippen LogP contribution in [0.25, 0.3) is 0 Å². The molecule has 1 aliphatic heterocycles. The van der Waals surface area contributed by atoms with Gasteiger partial charge in [0, 0.05) is 19.6 Å². The third-order valence-corrected chi connectivity index (χ3v) is 3.45. The summed E-state index contributed by atoms with van der Waals surface area (Å²) < 4.78 is 11.3. The molecule has 0 radical (unpaired) electrons. The normalized spacial score (nSPS) is 18.2. The molecule has 1 atom stereocenters. The number of anilines is 1. The van der Waals surface area contributed by atoms with Crippen LogP contribution in [0, 0.1) is 6.92 Å². The van der Waals surface area contributed by atoms with Gasteiger partial charge in [0.2, 0.25) is 0 Å². The molecule has 1 heterocycles. The van der Waals surface area contributed by atoms with E-state index in [1.165, 1.54) is 5.56 Å². The molecule has 0 amide bonds. The van der Waals surface area contributed by atoms with Gasteiger partial charge in [-0.05, 0) is 38.0 Å². The van der Waals surface area contributed by atoms with Gasteiger partial charge >= 0.3 is 0 Å². The average Bonchev–Trinajstić information content (AvgIpc) is 2.42. The minimum absolute atomic E-state index is 0.173. The van der Waals surface area contributed by atoms with Gasteiger partial charge in [0.05, 0.1) is 25.0 Å². The lowest BCUT2D eigenvalue weighted by Crippen LogP contribution is -2.38. The Morgan fingerprint density at radius 3 is 2.84 bits per heavy atom. The van der Waals surface area contributed by atoms with Crippen molar-refractivity contribution in [2.75, 3.05) is 38.6 Å². The van der Waals surface area contributed by atoms with E-state index in [-0.39, 0.29) is 6.10 Å². The summed E-state index contributed by atoms with van der Waals surface area (Å²) in [6.07, 6.45) is 1.18. The lowest BCUT2D eigenvalue weighted by Gasteiger charge is -2.27. The van der Waals surface area contributed by atoms with Crippen LogP contribution in [-0.2, 0) is 4.74 Å². The van der Waals surface area contributed by atoms with Gasteiger partial charge in [-0.25, -0.2) is 0 Å². The summed E-state index contributed by atoms with van der Waals surface area (Å²) in [6.45, 7) is 8.95.